The number of aryl methyl sites for hydroxylation is 1. The SMILES string of the molecule is Cc1ncc(S(=O)(=O)NC2CCCCCCC2)[nH]1. The Hall–Kier alpha value is -0.880. The maximum Gasteiger partial charge on any atom is 0.257 e. The van der Waals surface area contributed by atoms with Crippen molar-refractivity contribution in [1.82, 2.24) is 14.7 Å². The fourth-order valence-corrected chi connectivity index (χ4v) is 3.67. The van der Waals surface area contributed by atoms with Crippen LogP contribution >= 0.6 is 0 Å². The van der Waals surface area contributed by atoms with Gasteiger partial charge in [0.05, 0.1) is 6.20 Å². The molecule has 0 atom stereocenters. The molecule has 18 heavy (non-hydrogen) atoms. The van der Waals surface area contributed by atoms with E-state index in [2.05, 4.69) is 14.7 Å². The van der Waals surface area contributed by atoms with Gasteiger partial charge >= 0.3 is 0 Å². The molecule has 102 valence electrons. The topological polar surface area (TPSA) is 74.8 Å². The van der Waals surface area contributed by atoms with Crippen molar-refractivity contribution in [2.45, 2.75) is 62.9 Å². The molecule has 1 saturated carbocycles. The van der Waals surface area contributed by atoms with E-state index in [1.807, 2.05) is 0 Å². The number of nitrogens with zero attached hydrogens (tertiary/aromatic N) is 1. The molecule has 2 N–H and O–H groups in total. The second kappa shape index (κ2) is 5.84. The first-order valence-corrected chi connectivity index (χ1v) is 8.10. The maximum atomic E-state index is 12.1. The molecule has 2 rings (SSSR count). The number of imidazole rings is 1. The molecule has 0 unspecified atom stereocenters. The van der Waals surface area contributed by atoms with Gasteiger partial charge in [-0.15, -0.1) is 0 Å². The molecule has 0 aliphatic heterocycles. The second-order valence-electron chi connectivity index (χ2n) is 5.00. The van der Waals surface area contributed by atoms with E-state index < -0.39 is 10.0 Å². The van der Waals surface area contributed by atoms with Gasteiger partial charge in [0, 0.05) is 6.04 Å². The standard InChI is InChI=1S/C12H21N3O2S/c1-10-13-9-12(14-10)18(16,17)15-11-7-5-3-2-4-6-8-11/h9,11,15H,2-8H2,1H3,(H,13,14). The third-order valence-corrected chi connectivity index (χ3v) is 4.83. The second-order valence-corrected chi connectivity index (χ2v) is 6.68. The molecule has 0 amide bonds. The average molecular weight is 271 g/mol. The molecule has 1 aromatic rings. The third-order valence-electron chi connectivity index (χ3n) is 3.40. The number of H-pyrrole nitrogens is 1. The van der Waals surface area contributed by atoms with Gasteiger partial charge in [-0.05, 0) is 19.8 Å². The maximum absolute atomic E-state index is 12.1. The van der Waals surface area contributed by atoms with E-state index in [0.717, 1.165) is 25.7 Å². The highest BCUT2D eigenvalue weighted by Crippen LogP contribution is 2.18. The van der Waals surface area contributed by atoms with Crippen LogP contribution in [-0.2, 0) is 10.0 Å². The summed E-state index contributed by atoms with van der Waals surface area (Å²) in [4.78, 5) is 6.71. The zero-order valence-electron chi connectivity index (χ0n) is 10.8. The zero-order chi connectivity index (χ0) is 13.0. The van der Waals surface area contributed by atoms with Crippen molar-refractivity contribution in [2.75, 3.05) is 0 Å². The molecular weight excluding hydrogens is 250 g/mol. The molecule has 0 saturated heterocycles. The average Bonchev–Trinajstić information content (AvgIpc) is 2.69. The smallest absolute Gasteiger partial charge is 0.257 e. The number of aromatic amines is 1. The largest absolute Gasteiger partial charge is 0.332 e. The van der Waals surface area contributed by atoms with Gasteiger partial charge < -0.3 is 4.98 Å². The van der Waals surface area contributed by atoms with Crippen LogP contribution in [-0.4, -0.2) is 24.4 Å². The summed E-state index contributed by atoms with van der Waals surface area (Å²) in [7, 11) is -3.44. The van der Waals surface area contributed by atoms with E-state index in [1.54, 1.807) is 6.92 Å². The lowest BCUT2D eigenvalue weighted by Gasteiger charge is -2.20. The van der Waals surface area contributed by atoms with Gasteiger partial charge in [-0.3, -0.25) is 0 Å². The van der Waals surface area contributed by atoms with Crippen molar-refractivity contribution in [3.05, 3.63) is 12.0 Å². The number of rotatable bonds is 3. The van der Waals surface area contributed by atoms with Crippen LogP contribution in [0, 0.1) is 6.92 Å². The van der Waals surface area contributed by atoms with Crippen molar-refractivity contribution >= 4 is 10.0 Å². The van der Waals surface area contributed by atoms with E-state index >= 15 is 0 Å². The minimum absolute atomic E-state index is 0.0684. The van der Waals surface area contributed by atoms with Gasteiger partial charge in [0.2, 0.25) is 0 Å². The zero-order valence-corrected chi connectivity index (χ0v) is 11.6. The normalized spacial score (nSPS) is 19.4. The van der Waals surface area contributed by atoms with E-state index in [0.29, 0.717) is 5.82 Å². The number of sulfonamides is 1. The summed E-state index contributed by atoms with van der Waals surface area (Å²) in [6.45, 7) is 1.74. The molecule has 0 radical (unpaired) electrons. The van der Waals surface area contributed by atoms with Crippen LogP contribution in [0.1, 0.15) is 50.8 Å². The summed E-state index contributed by atoms with van der Waals surface area (Å²) < 4.78 is 27.1. The number of hydrogen-bond donors (Lipinski definition) is 2. The molecule has 1 fully saturated rings. The van der Waals surface area contributed by atoms with Gasteiger partial charge in [-0.2, -0.15) is 0 Å². The fraction of sp³-hybridized carbons (Fsp3) is 0.750. The molecule has 1 heterocycles. The Balaban J connectivity index is 2.02. The highest BCUT2D eigenvalue weighted by Gasteiger charge is 2.22. The van der Waals surface area contributed by atoms with Gasteiger partial charge in [0.15, 0.2) is 5.03 Å². The molecule has 1 aromatic heterocycles. The first-order valence-electron chi connectivity index (χ1n) is 6.62. The Labute approximate surface area is 108 Å². The van der Waals surface area contributed by atoms with Crippen LogP contribution in [0.25, 0.3) is 0 Å². The lowest BCUT2D eigenvalue weighted by atomic mass is 9.97. The number of hydrogen-bond acceptors (Lipinski definition) is 3. The van der Waals surface area contributed by atoms with Crippen molar-refractivity contribution in [2.24, 2.45) is 0 Å². The Kier molecular flexibility index (Phi) is 4.40. The van der Waals surface area contributed by atoms with Crippen molar-refractivity contribution in [3.63, 3.8) is 0 Å². The van der Waals surface area contributed by atoms with E-state index in [1.165, 1.54) is 25.5 Å². The molecule has 1 aliphatic rings. The minimum atomic E-state index is -3.44. The Morgan fingerprint density at radius 3 is 2.39 bits per heavy atom. The summed E-state index contributed by atoms with van der Waals surface area (Å²) in [5, 5.41) is 0.169. The summed E-state index contributed by atoms with van der Waals surface area (Å²) in [6, 6.07) is 0.0684. The van der Waals surface area contributed by atoms with Gasteiger partial charge in [-0.25, -0.2) is 18.1 Å². The van der Waals surface area contributed by atoms with Gasteiger partial charge in [0.25, 0.3) is 10.0 Å². The predicted octanol–water partition coefficient (Wildman–Crippen LogP) is 2.11. The Bertz CT molecular complexity index is 473. The third kappa shape index (κ3) is 3.55. The van der Waals surface area contributed by atoms with Crippen LogP contribution in [0.5, 0.6) is 0 Å². The van der Waals surface area contributed by atoms with Crippen molar-refractivity contribution in [1.29, 1.82) is 0 Å². The van der Waals surface area contributed by atoms with Crippen LogP contribution < -0.4 is 4.72 Å². The van der Waals surface area contributed by atoms with E-state index in [9.17, 15) is 8.42 Å². The van der Waals surface area contributed by atoms with E-state index in [4.69, 9.17) is 0 Å². The molecule has 0 bridgehead atoms. The van der Waals surface area contributed by atoms with Crippen LogP contribution in [0.2, 0.25) is 0 Å². The molecule has 1 aliphatic carbocycles. The molecule has 6 heteroatoms. The lowest BCUT2D eigenvalue weighted by Crippen LogP contribution is -2.35. The van der Waals surface area contributed by atoms with Crippen LogP contribution in [0.4, 0.5) is 0 Å². The number of nitrogens with one attached hydrogen (secondary N) is 2. The first kappa shape index (κ1) is 13.5. The van der Waals surface area contributed by atoms with Crippen LogP contribution in [0.15, 0.2) is 11.2 Å². The summed E-state index contributed by atoms with van der Waals surface area (Å²) in [5.74, 6) is 0.619. The quantitative estimate of drug-likeness (QED) is 0.884. The first-order chi connectivity index (χ1) is 8.58. The van der Waals surface area contributed by atoms with E-state index in [-0.39, 0.29) is 11.1 Å². The monoisotopic (exact) mass is 271 g/mol. The highest BCUT2D eigenvalue weighted by molar-refractivity contribution is 7.89. The minimum Gasteiger partial charge on any atom is -0.332 e. The number of aromatic nitrogens is 2. The summed E-state index contributed by atoms with van der Waals surface area (Å²) >= 11 is 0. The van der Waals surface area contributed by atoms with Gasteiger partial charge in [0.1, 0.15) is 5.82 Å². The summed E-state index contributed by atoms with van der Waals surface area (Å²) in [5.41, 5.74) is 0. The lowest BCUT2D eigenvalue weighted by molar-refractivity contribution is 0.426. The van der Waals surface area contributed by atoms with Crippen molar-refractivity contribution < 1.29 is 8.42 Å². The molecule has 0 spiro atoms. The Morgan fingerprint density at radius 2 is 1.83 bits per heavy atom. The molecule has 5 nitrogen and oxygen atoms in total. The van der Waals surface area contributed by atoms with Crippen molar-refractivity contribution in [3.8, 4) is 0 Å². The molecule has 0 aromatic carbocycles. The van der Waals surface area contributed by atoms with Crippen LogP contribution in [0.3, 0.4) is 0 Å². The highest BCUT2D eigenvalue weighted by atomic mass is 32.2. The fourth-order valence-electron chi connectivity index (χ4n) is 2.39. The predicted molar refractivity (Wildman–Crippen MR) is 69.8 cm³/mol. The summed E-state index contributed by atoms with van der Waals surface area (Å²) in [6.07, 6.45) is 9.16. The van der Waals surface area contributed by atoms with Gasteiger partial charge in [-0.1, -0.05) is 32.1 Å². The molecular formula is C12H21N3O2S. The Morgan fingerprint density at radius 1 is 1.22 bits per heavy atom.